The maximum Gasteiger partial charge on any atom is 0.416 e. The number of halogens is 3. The van der Waals surface area contributed by atoms with Gasteiger partial charge in [0.05, 0.1) is 5.56 Å². The molecule has 0 saturated heterocycles. The average Bonchev–Trinajstić information content (AvgIpc) is 2.28. The van der Waals surface area contributed by atoms with Gasteiger partial charge >= 0.3 is 6.18 Å². The lowest BCUT2D eigenvalue weighted by atomic mass is 10.0. The van der Waals surface area contributed by atoms with Gasteiger partial charge in [0, 0.05) is 0 Å². The molecule has 1 rings (SSSR count). The Morgan fingerprint density at radius 2 is 1.82 bits per heavy atom. The van der Waals surface area contributed by atoms with Crippen molar-refractivity contribution in [1.29, 1.82) is 0 Å². The smallest absolute Gasteiger partial charge is 0.317 e. The van der Waals surface area contributed by atoms with Gasteiger partial charge in [-0.3, -0.25) is 0 Å². The summed E-state index contributed by atoms with van der Waals surface area (Å²) in [5, 5.41) is 3.16. The number of hydrogen-bond donors (Lipinski definition) is 1. The van der Waals surface area contributed by atoms with Gasteiger partial charge in [0.25, 0.3) is 0 Å². The SMILES string of the molecule is CCNCCCCc1ccccc1C(F)(F)F. The third kappa shape index (κ3) is 4.77. The first kappa shape index (κ1) is 14.0. The van der Waals surface area contributed by atoms with Crippen molar-refractivity contribution in [3.05, 3.63) is 35.4 Å². The largest absolute Gasteiger partial charge is 0.416 e. The Kier molecular flexibility index (Phi) is 5.48. The summed E-state index contributed by atoms with van der Waals surface area (Å²) >= 11 is 0. The summed E-state index contributed by atoms with van der Waals surface area (Å²) < 4.78 is 38.0. The molecule has 1 aromatic rings. The number of unbranched alkanes of at least 4 members (excludes halogenated alkanes) is 1. The molecule has 0 amide bonds. The quantitative estimate of drug-likeness (QED) is 0.754. The van der Waals surface area contributed by atoms with Gasteiger partial charge in [-0.05, 0) is 44.0 Å². The highest BCUT2D eigenvalue weighted by molar-refractivity contribution is 5.29. The second-order valence-electron chi connectivity index (χ2n) is 3.97. The van der Waals surface area contributed by atoms with E-state index in [4.69, 9.17) is 0 Å². The van der Waals surface area contributed by atoms with E-state index in [0.717, 1.165) is 32.0 Å². The zero-order valence-corrected chi connectivity index (χ0v) is 9.98. The van der Waals surface area contributed by atoms with Crippen LogP contribution in [-0.4, -0.2) is 13.1 Å². The molecule has 1 N–H and O–H groups in total. The first-order chi connectivity index (χ1) is 8.05. The van der Waals surface area contributed by atoms with Crippen molar-refractivity contribution in [3.63, 3.8) is 0 Å². The summed E-state index contributed by atoms with van der Waals surface area (Å²) in [6, 6.07) is 5.82. The van der Waals surface area contributed by atoms with Gasteiger partial charge in [-0.2, -0.15) is 13.2 Å². The van der Waals surface area contributed by atoms with Crippen LogP contribution in [0.4, 0.5) is 13.2 Å². The molecule has 0 fully saturated rings. The molecule has 0 aliphatic rings. The van der Waals surface area contributed by atoms with E-state index >= 15 is 0 Å². The molecule has 96 valence electrons. The Labute approximate surface area is 100 Å². The third-order valence-electron chi connectivity index (χ3n) is 2.62. The van der Waals surface area contributed by atoms with Crippen LogP contribution < -0.4 is 5.32 Å². The minimum absolute atomic E-state index is 0.400. The van der Waals surface area contributed by atoms with Crippen LogP contribution >= 0.6 is 0 Å². The Morgan fingerprint density at radius 1 is 1.12 bits per heavy atom. The summed E-state index contributed by atoms with van der Waals surface area (Å²) in [5.74, 6) is 0. The molecule has 0 radical (unpaired) electrons. The minimum Gasteiger partial charge on any atom is -0.317 e. The number of benzene rings is 1. The van der Waals surface area contributed by atoms with Crippen LogP contribution in [0, 0.1) is 0 Å². The van der Waals surface area contributed by atoms with Crippen molar-refractivity contribution in [2.45, 2.75) is 32.4 Å². The fraction of sp³-hybridized carbons (Fsp3) is 0.538. The van der Waals surface area contributed by atoms with Crippen LogP contribution in [0.1, 0.15) is 30.9 Å². The lowest BCUT2D eigenvalue weighted by molar-refractivity contribution is -0.138. The molecule has 17 heavy (non-hydrogen) atoms. The number of nitrogens with one attached hydrogen (secondary N) is 1. The molecule has 0 unspecified atom stereocenters. The molecule has 4 heteroatoms. The van der Waals surface area contributed by atoms with E-state index in [1.165, 1.54) is 6.07 Å². The normalized spacial score (nSPS) is 11.8. The molecule has 1 nitrogen and oxygen atoms in total. The minimum atomic E-state index is -4.24. The van der Waals surface area contributed by atoms with Crippen molar-refractivity contribution in [1.82, 2.24) is 5.32 Å². The van der Waals surface area contributed by atoms with Crippen LogP contribution in [0.3, 0.4) is 0 Å². The van der Waals surface area contributed by atoms with Crippen LogP contribution in [0.15, 0.2) is 24.3 Å². The average molecular weight is 245 g/mol. The maximum atomic E-state index is 12.7. The Balaban J connectivity index is 2.53. The van der Waals surface area contributed by atoms with E-state index in [0.29, 0.717) is 12.0 Å². The number of alkyl halides is 3. The first-order valence-electron chi connectivity index (χ1n) is 5.91. The Bertz CT molecular complexity index is 334. The highest BCUT2D eigenvalue weighted by atomic mass is 19.4. The fourth-order valence-electron chi connectivity index (χ4n) is 1.76. The van der Waals surface area contributed by atoms with E-state index in [9.17, 15) is 13.2 Å². The number of aryl methyl sites for hydroxylation is 1. The molecule has 0 heterocycles. The van der Waals surface area contributed by atoms with Crippen molar-refractivity contribution in [2.24, 2.45) is 0 Å². The van der Waals surface area contributed by atoms with Crippen LogP contribution in [-0.2, 0) is 12.6 Å². The second-order valence-corrected chi connectivity index (χ2v) is 3.97. The summed E-state index contributed by atoms with van der Waals surface area (Å²) in [4.78, 5) is 0. The van der Waals surface area contributed by atoms with Crippen molar-refractivity contribution < 1.29 is 13.2 Å². The molecule has 0 aliphatic carbocycles. The van der Waals surface area contributed by atoms with Gasteiger partial charge < -0.3 is 5.32 Å². The van der Waals surface area contributed by atoms with Crippen molar-refractivity contribution in [2.75, 3.05) is 13.1 Å². The van der Waals surface area contributed by atoms with E-state index < -0.39 is 11.7 Å². The van der Waals surface area contributed by atoms with E-state index in [-0.39, 0.29) is 0 Å². The lowest BCUT2D eigenvalue weighted by Gasteiger charge is -2.12. The zero-order valence-electron chi connectivity index (χ0n) is 9.98. The lowest BCUT2D eigenvalue weighted by Crippen LogP contribution is -2.14. The van der Waals surface area contributed by atoms with E-state index in [2.05, 4.69) is 5.32 Å². The molecular weight excluding hydrogens is 227 g/mol. The summed E-state index contributed by atoms with van der Waals surface area (Å²) in [5.41, 5.74) is -0.0973. The van der Waals surface area contributed by atoms with Crippen molar-refractivity contribution in [3.8, 4) is 0 Å². The van der Waals surface area contributed by atoms with E-state index in [1.54, 1.807) is 12.1 Å². The van der Waals surface area contributed by atoms with Gasteiger partial charge in [0.2, 0.25) is 0 Å². The summed E-state index contributed by atoms with van der Waals surface area (Å²) in [6.45, 7) is 3.78. The standard InChI is InChI=1S/C13H18F3N/c1-2-17-10-6-5-8-11-7-3-4-9-12(11)13(14,15)16/h3-4,7,9,17H,2,5-6,8,10H2,1H3. The molecule has 0 aromatic heterocycles. The molecule has 0 saturated carbocycles. The van der Waals surface area contributed by atoms with Gasteiger partial charge in [-0.25, -0.2) is 0 Å². The molecule has 1 aromatic carbocycles. The zero-order chi connectivity index (χ0) is 12.7. The third-order valence-corrected chi connectivity index (χ3v) is 2.62. The Morgan fingerprint density at radius 3 is 2.47 bits per heavy atom. The number of rotatable bonds is 6. The van der Waals surface area contributed by atoms with Crippen LogP contribution in [0.2, 0.25) is 0 Å². The van der Waals surface area contributed by atoms with Gasteiger partial charge in [0.1, 0.15) is 0 Å². The van der Waals surface area contributed by atoms with Crippen molar-refractivity contribution >= 4 is 0 Å². The highest BCUT2D eigenvalue weighted by Crippen LogP contribution is 2.32. The van der Waals surface area contributed by atoms with Crippen LogP contribution in [0.25, 0.3) is 0 Å². The Hall–Kier alpha value is -1.03. The molecule has 0 atom stereocenters. The predicted molar refractivity (Wildman–Crippen MR) is 62.9 cm³/mol. The van der Waals surface area contributed by atoms with Gasteiger partial charge in [-0.15, -0.1) is 0 Å². The molecule has 0 aliphatic heterocycles. The molecular formula is C13H18F3N. The topological polar surface area (TPSA) is 12.0 Å². The monoisotopic (exact) mass is 245 g/mol. The van der Waals surface area contributed by atoms with Gasteiger partial charge in [0.15, 0.2) is 0 Å². The first-order valence-corrected chi connectivity index (χ1v) is 5.91. The molecule has 0 spiro atoms. The summed E-state index contributed by atoms with van der Waals surface area (Å²) in [7, 11) is 0. The van der Waals surface area contributed by atoms with E-state index in [1.807, 2.05) is 6.92 Å². The van der Waals surface area contributed by atoms with Gasteiger partial charge in [-0.1, -0.05) is 25.1 Å². The fourth-order valence-corrected chi connectivity index (χ4v) is 1.76. The highest BCUT2D eigenvalue weighted by Gasteiger charge is 2.32. The second kappa shape index (κ2) is 6.64. The summed E-state index contributed by atoms with van der Waals surface area (Å²) in [6.07, 6.45) is -2.07. The predicted octanol–water partition coefficient (Wildman–Crippen LogP) is 3.64. The maximum absolute atomic E-state index is 12.7. The number of hydrogen-bond acceptors (Lipinski definition) is 1. The van der Waals surface area contributed by atoms with Crippen LogP contribution in [0.5, 0.6) is 0 Å². The molecule has 0 bridgehead atoms.